The van der Waals surface area contributed by atoms with Crippen LogP contribution >= 0.6 is 0 Å². The zero-order valence-corrected chi connectivity index (χ0v) is 10.9. The van der Waals surface area contributed by atoms with Crippen molar-refractivity contribution in [2.45, 2.75) is 71.5 Å². The molecule has 1 fully saturated rings. The fraction of sp³-hybridized carbons (Fsp3) is 1.00. The van der Waals surface area contributed by atoms with Crippen LogP contribution in [0.4, 0.5) is 0 Å². The number of nitrogens with one attached hydrogen (secondary N) is 1. The minimum Gasteiger partial charge on any atom is -0.311 e. The van der Waals surface area contributed by atoms with Crippen LogP contribution in [0, 0.1) is 0 Å². The quantitative estimate of drug-likeness (QED) is 0.753. The highest BCUT2D eigenvalue weighted by Crippen LogP contribution is 2.18. The molecule has 1 aliphatic rings. The van der Waals surface area contributed by atoms with E-state index < -0.39 is 0 Å². The highest BCUT2D eigenvalue weighted by Gasteiger charge is 2.28. The summed E-state index contributed by atoms with van der Waals surface area (Å²) in [5.41, 5.74) is 0. The van der Waals surface area contributed by atoms with Crippen molar-refractivity contribution in [1.29, 1.82) is 0 Å². The molecule has 0 radical (unpaired) electrons. The summed E-state index contributed by atoms with van der Waals surface area (Å²) < 4.78 is 0. The van der Waals surface area contributed by atoms with Crippen molar-refractivity contribution in [3.8, 4) is 0 Å². The van der Waals surface area contributed by atoms with Crippen molar-refractivity contribution in [2.75, 3.05) is 13.1 Å². The first-order valence-corrected chi connectivity index (χ1v) is 6.71. The highest BCUT2D eigenvalue weighted by atomic mass is 15.2. The van der Waals surface area contributed by atoms with Gasteiger partial charge in [0.1, 0.15) is 0 Å². The maximum Gasteiger partial charge on any atom is 0.0196 e. The Morgan fingerprint density at radius 1 is 1.33 bits per heavy atom. The monoisotopic (exact) mass is 212 g/mol. The van der Waals surface area contributed by atoms with Crippen molar-refractivity contribution >= 4 is 0 Å². The van der Waals surface area contributed by atoms with Crippen LogP contribution in [-0.2, 0) is 0 Å². The van der Waals surface area contributed by atoms with E-state index in [1.165, 1.54) is 38.8 Å². The van der Waals surface area contributed by atoms with Crippen LogP contribution in [0.15, 0.2) is 0 Å². The van der Waals surface area contributed by atoms with Gasteiger partial charge in [-0.05, 0) is 26.2 Å². The Bertz CT molecular complexity index is 170. The van der Waals surface area contributed by atoms with Gasteiger partial charge in [-0.1, -0.05) is 27.2 Å². The molecular formula is C13H28N2. The topological polar surface area (TPSA) is 15.3 Å². The molecule has 0 aromatic rings. The molecule has 3 unspecified atom stereocenters. The van der Waals surface area contributed by atoms with Gasteiger partial charge in [-0.15, -0.1) is 0 Å². The first-order chi connectivity index (χ1) is 7.22. The lowest BCUT2D eigenvalue weighted by Crippen LogP contribution is -2.58. The molecule has 0 aromatic carbocycles. The molecule has 2 nitrogen and oxygen atoms in total. The van der Waals surface area contributed by atoms with Crippen LogP contribution in [0.5, 0.6) is 0 Å². The third-order valence-corrected chi connectivity index (χ3v) is 3.75. The molecule has 1 saturated heterocycles. The smallest absolute Gasteiger partial charge is 0.0196 e. The Kier molecular flexibility index (Phi) is 5.62. The van der Waals surface area contributed by atoms with Crippen molar-refractivity contribution in [1.82, 2.24) is 10.2 Å². The normalized spacial score (nSPS) is 30.4. The average Bonchev–Trinajstić information content (AvgIpc) is 2.27. The summed E-state index contributed by atoms with van der Waals surface area (Å²) in [5.74, 6) is 0. The van der Waals surface area contributed by atoms with Crippen LogP contribution in [0.25, 0.3) is 0 Å². The summed E-state index contributed by atoms with van der Waals surface area (Å²) >= 11 is 0. The van der Waals surface area contributed by atoms with Gasteiger partial charge in [0, 0.05) is 31.2 Å². The van der Waals surface area contributed by atoms with Gasteiger partial charge in [-0.2, -0.15) is 0 Å². The van der Waals surface area contributed by atoms with Crippen molar-refractivity contribution in [3.05, 3.63) is 0 Å². The largest absolute Gasteiger partial charge is 0.311 e. The predicted molar refractivity (Wildman–Crippen MR) is 67.2 cm³/mol. The second-order valence-corrected chi connectivity index (χ2v) is 4.91. The predicted octanol–water partition coefficient (Wildman–Crippen LogP) is 2.64. The van der Waals surface area contributed by atoms with Crippen LogP contribution in [-0.4, -0.2) is 36.1 Å². The van der Waals surface area contributed by atoms with E-state index in [0.29, 0.717) is 12.1 Å². The van der Waals surface area contributed by atoms with Crippen LogP contribution in [0.2, 0.25) is 0 Å². The molecule has 1 heterocycles. The van der Waals surface area contributed by atoms with E-state index in [-0.39, 0.29) is 0 Å². The van der Waals surface area contributed by atoms with Crippen molar-refractivity contribution in [2.24, 2.45) is 0 Å². The zero-order valence-electron chi connectivity index (χ0n) is 10.9. The first kappa shape index (κ1) is 13.0. The van der Waals surface area contributed by atoms with Gasteiger partial charge in [0.2, 0.25) is 0 Å². The van der Waals surface area contributed by atoms with Gasteiger partial charge in [-0.25, -0.2) is 0 Å². The van der Waals surface area contributed by atoms with Gasteiger partial charge in [0.15, 0.2) is 0 Å². The van der Waals surface area contributed by atoms with Gasteiger partial charge in [-0.3, -0.25) is 4.90 Å². The van der Waals surface area contributed by atoms with E-state index >= 15 is 0 Å². The number of piperazine rings is 1. The second kappa shape index (κ2) is 6.49. The van der Waals surface area contributed by atoms with Gasteiger partial charge >= 0.3 is 0 Å². The molecular weight excluding hydrogens is 184 g/mol. The minimum atomic E-state index is 0.712. The molecule has 1 N–H and O–H groups in total. The zero-order chi connectivity index (χ0) is 11.3. The van der Waals surface area contributed by atoms with E-state index in [1.807, 2.05) is 0 Å². The van der Waals surface area contributed by atoms with Crippen molar-refractivity contribution in [3.63, 3.8) is 0 Å². The molecule has 0 amide bonds. The maximum atomic E-state index is 3.63. The molecule has 0 aromatic heterocycles. The van der Waals surface area contributed by atoms with E-state index in [0.717, 1.165) is 6.04 Å². The lowest BCUT2D eigenvalue weighted by Gasteiger charge is -2.43. The average molecular weight is 212 g/mol. The lowest BCUT2D eigenvalue weighted by atomic mass is 10.0. The summed E-state index contributed by atoms with van der Waals surface area (Å²) in [6, 6.07) is 2.23. The van der Waals surface area contributed by atoms with Gasteiger partial charge in [0.05, 0.1) is 0 Å². The molecule has 90 valence electrons. The molecule has 2 heteroatoms. The Morgan fingerprint density at radius 3 is 2.60 bits per heavy atom. The number of nitrogens with zero attached hydrogens (tertiary/aromatic N) is 1. The molecule has 1 rings (SSSR count). The highest BCUT2D eigenvalue weighted by molar-refractivity contribution is 4.86. The first-order valence-electron chi connectivity index (χ1n) is 6.71. The van der Waals surface area contributed by atoms with E-state index in [1.54, 1.807) is 0 Å². The molecule has 3 atom stereocenters. The Morgan fingerprint density at radius 2 is 2.07 bits per heavy atom. The van der Waals surface area contributed by atoms with Crippen LogP contribution in [0.1, 0.15) is 53.4 Å². The third-order valence-electron chi connectivity index (χ3n) is 3.75. The number of rotatable bonds is 5. The van der Waals surface area contributed by atoms with E-state index in [4.69, 9.17) is 0 Å². The fourth-order valence-corrected chi connectivity index (χ4v) is 2.67. The standard InChI is InChI=1S/C13H28N2/c1-5-8-13(7-3)15-10-12(6-2)14-9-11(15)4/h11-14H,5-10H2,1-4H3. The van der Waals surface area contributed by atoms with Gasteiger partial charge < -0.3 is 5.32 Å². The summed E-state index contributed by atoms with van der Waals surface area (Å²) in [6.45, 7) is 11.7. The van der Waals surface area contributed by atoms with Crippen LogP contribution < -0.4 is 5.32 Å². The maximum absolute atomic E-state index is 3.63. The molecule has 0 saturated carbocycles. The summed E-state index contributed by atoms with van der Waals surface area (Å²) in [7, 11) is 0. The van der Waals surface area contributed by atoms with Crippen molar-refractivity contribution < 1.29 is 0 Å². The molecule has 1 aliphatic heterocycles. The van der Waals surface area contributed by atoms with Crippen LogP contribution in [0.3, 0.4) is 0 Å². The SMILES string of the molecule is CCCC(CC)N1CC(CC)NCC1C. The van der Waals surface area contributed by atoms with E-state index in [2.05, 4.69) is 37.9 Å². The molecule has 0 spiro atoms. The fourth-order valence-electron chi connectivity index (χ4n) is 2.67. The summed E-state index contributed by atoms with van der Waals surface area (Å²) in [5, 5.41) is 3.63. The lowest BCUT2D eigenvalue weighted by molar-refractivity contribution is 0.0819. The Balaban J connectivity index is 2.54. The second-order valence-electron chi connectivity index (χ2n) is 4.91. The van der Waals surface area contributed by atoms with Gasteiger partial charge in [0.25, 0.3) is 0 Å². The minimum absolute atomic E-state index is 0.712. The van der Waals surface area contributed by atoms with E-state index in [9.17, 15) is 0 Å². The Hall–Kier alpha value is -0.0800. The molecule has 0 bridgehead atoms. The summed E-state index contributed by atoms with van der Waals surface area (Å²) in [4.78, 5) is 2.73. The number of hydrogen-bond donors (Lipinski definition) is 1. The third kappa shape index (κ3) is 3.46. The number of hydrogen-bond acceptors (Lipinski definition) is 2. The molecule has 15 heavy (non-hydrogen) atoms. The molecule has 0 aliphatic carbocycles. The summed E-state index contributed by atoms with van der Waals surface area (Å²) in [6.07, 6.45) is 5.23. The Labute approximate surface area is 95.4 Å².